The lowest BCUT2D eigenvalue weighted by Crippen LogP contribution is -2.49. The van der Waals surface area contributed by atoms with E-state index in [1.165, 1.54) is 0 Å². The van der Waals surface area contributed by atoms with Gasteiger partial charge in [-0.1, -0.05) is 12.2 Å². The monoisotopic (exact) mass is 294 g/mol. The van der Waals surface area contributed by atoms with Crippen LogP contribution < -0.4 is 5.32 Å². The molecule has 1 N–H and O–H groups in total. The van der Waals surface area contributed by atoms with Crippen molar-refractivity contribution in [3.05, 3.63) is 12.2 Å². The number of rotatable bonds is 3. The van der Waals surface area contributed by atoms with Crippen LogP contribution in [0.5, 0.6) is 0 Å². The third-order valence-corrected chi connectivity index (χ3v) is 3.73. The number of hydrogen-bond donors (Lipinski definition) is 1. The van der Waals surface area contributed by atoms with Crippen LogP contribution in [-0.2, 0) is 9.53 Å². The summed E-state index contributed by atoms with van der Waals surface area (Å²) in [5.74, 6) is 0.605. The van der Waals surface area contributed by atoms with Crippen molar-refractivity contribution in [2.75, 3.05) is 6.54 Å². The van der Waals surface area contributed by atoms with Crippen molar-refractivity contribution in [3.8, 4) is 0 Å². The SMILES string of the molecule is CC(C)(CC(=O)N1CC2C=CC1C2)NC(=O)OC(C)(C)C. The second-order valence-corrected chi connectivity index (χ2v) is 7.68. The van der Waals surface area contributed by atoms with Gasteiger partial charge in [0.15, 0.2) is 0 Å². The van der Waals surface area contributed by atoms with Crippen molar-refractivity contribution in [1.29, 1.82) is 0 Å². The topological polar surface area (TPSA) is 58.6 Å². The summed E-state index contributed by atoms with van der Waals surface area (Å²) in [4.78, 5) is 26.2. The van der Waals surface area contributed by atoms with Gasteiger partial charge in [-0.2, -0.15) is 0 Å². The molecule has 1 heterocycles. The molecule has 5 heteroatoms. The average Bonchev–Trinajstić information content (AvgIpc) is 2.85. The number of fused-ring (bicyclic) bond motifs is 2. The van der Waals surface area contributed by atoms with E-state index in [2.05, 4.69) is 17.5 Å². The molecule has 0 aromatic rings. The molecule has 1 saturated heterocycles. The minimum atomic E-state index is -0.620. The van der Waals surface area contributed by atoms with E-state index < -0.39 is 17.2 Å². The van der Waals surface area contributed by atoms with Gasteiger partial charge in [0.2, 0.25) is 5.91 Å². The molecule has 2 amide bonds. The predicted octanol–water partition coefficient (Wildman–Crippen LogP) is 2.47. The largest absolute Gasteiger partial charge is 0.444 e. The van der Waals surface area contributed by atoms with E-state index in [4.69, 9.17) is 4.74 Å². The summed E-state index contributed by atoms with van der Waals surface area (Å²) in [6.07, 6.45) is 5.15. The summed E-state index contributed by atoms with van der Waals surface area (Å²) in [5, 5.41) is 2.78. The van der Waals surface area contributed by atoms with Crippen LogP contribution in [-0.4, -0.2) is 40.6 Å². The van der Waals surface area contributed by atoms with E-state index in [-0.39, 0.29) is 18.4 Å². The Morgan fingerprint density at radius 2 is 1.90 bits per heavy atom. The number of alkyl carbamates (subject to hydrolysis) is 1. The molecule has 1 aliphatic heterocycles. The van der Waals surface area contributed by atoms with E-state index in [1.54, 1.807) is 0 Å². The number of ether oxygens (including phenoxy) is 1. The van der Waals surface area contributed by atoms with Crippen molar-refractivity contribution in [3.63, 3.8) is 0 Å². The molecule has 2 unspecified atom stereocenters. The Hall–Kier alpha value is -1.52. The molecule has 1 fully saturated rings. The highest BCUT2D eigenvalue weighted by Gasteiger charge is 2.38. The van der Waals surface area contributed by atoms with Crippen molar-refractivity contribution in [2.24, 2.45) is 5.92 Å². The van der Waals surface area contributed by atoms with E-state index in [1.807, 2.05) is 39.5 Å². The first-order valence-electron chi connectivity index (χ1n) is 7.55. The normalized spacial score (nSPS) is 24.3. The van der Waals surface area contributed by atoms with E-state index in [0.29, 0.717) is 5.92 Å². The van der Waals surface area contributed by atoms with E-state index in [0.717, 1.165) is 13.0 Å². The van der Waals surface area contributed by atoms with Gasteiger partial charge in [-0.3, -0.25) is 4.79 Å². The lowest BCUT2D eigenvalue weighted by Gasteiger charge is -2.31. The highest BCUT2D eigenvalue weighted by molar-refractivity contribution is 5.80. The fourth-order valence-corrected chi connectivity index (χ4v) is 2.90. The van der Waals surface area contributed by atoms with Crippen LogP contribution in [0.4, 0.5) is 4.79 Å². The molecule has 21 heavy (non-hydrogen) atoms. The van der Waals surface area contributed by atoms with Crippen molar-refractivity contribution in [2.45, 2.75) is 64.6 Å². The maximum atomic E-state index is 12.4. The molecule has 0 spiro atoms. The number of likely N-dealkylation sites (tertiary alicyclic amines) is 1. The second kappa shape index (κ2) is 5.35. The molecule has 2 rings (SSSR count). The van der Waals surface area contributed by atoms with Crippen molar-refractivity contribution >= 4 is 12.0 Å². The smallest absolute Gasteiger partial charge is 0.408 e. The summed E-state index contributed by atoms with van der Waals surface area (Å²) in [7, 11) is 0. The van der Waals surface area contributed by atoms with E-state index in [9.17, 15) is 9.59 Å². The molecule has 118 valence electrons. The molecular weight excluding hydrogens is 268 g/mol. The maximum absolute atomic E-state index is 12.4. The summed E-state index contributed by atoms with van der Waals surface area (Å²) in [6, 6.07) is 0.250. The van der Waals surface area contributed by atoms with E-state index >= 15 is 0 Å². The lowest BCUT2D eigenvalue weighted by atomic mass is 9.99. The molecule has 2 aliphatic rings. The summed E-state index contributed by atoms with van der Waals surface area (Å²) >= 11 is 0. The number of amides is 2. The summed E-state index contributed by atoms with van der Waals surface area (Å²) in [5.41, 5.74) is -1.16. The second-order valence-electron chi connectivity index (χ2n) is 7.68. The van der Waals surface area contributed by atoms with Gasteiger partial charge in [0.25, 0.3) is 0 Å². The van der Waals surface area contributed by atoms with Crippen LogP contribution >= 0.6 is 0 Å². The van der Waals surface area contributed by atoms with Gasteiger partial charge in [0.05, 0.1) is 6.04 Å². The fourth-order valence-electron chi connectivity index (χ4n) is 2.90. The van der Waals surface area contributed by atoms with Gasteiger partial charge in [0, 0.05) is 18.5 Å². The van der Waals surface area contributed by atoms with Crippen LogP contribution in [0.1, 0.15) is 47.5 Å². The first kappa shape index (κ1) is 15.9. The third-order valence-electron chi connectivity index (χ3n) is 3.73. The summed E-state index contributed by atoms with van der Waals surface area (Å²) < 4.78 is 5.24. The molecule has 1 aliphatic carbocycles. The average molecular weight is 294 g/mol. The molecule has 5 nitrogen and oxygen atoms in total. The zero-order chi connectivity index (χ0) is 15.8. The van der Waals surface area contributed by atoms with Gasteiger partial charge in [-0.15, -0.1) is 0 Å². The first-order valence-corrected chi connectivity index (χ1v) is 7.55. The van der Waals surface area contributed by atoms with Gasteiger partial charge < -0.3 is 15.0 Å². The Balaban J connectivity index is 1.87. The van der Waals surface area contributed by atoms with Crippen molar-refractivity contribution < 1.29 is 14.3 Å². The fraction of sp³-hybridized carbons (Fsp3) is 0.750. The van der Waals surface area contributed by atoms with Crippen LogP contribution in [0, 0.1) is 5.92 Å². The highest BCUT2D eigenvalue weighted by atomic mass is 16.6. The quantitative estimate of drug-likeness (QED) is 0.813. The van der Waals surface area contributed by atoms with Crippen molar-refractivity contribution in [1.82, 2.24) is 10.2 Å². The lowest BCUT2D eigenvalue weighted by molar-refractivity contribution is -0.132. The molecule has 0 aromatic carbocycles. The van der Waals surface area contributed by atoms with Crippen LogP contribution in [0.2, 0.25) is 0 Å². The van der Waals surface area contributed by atoms with Gasteiger partial charge in [-0.05, 0) is 47.0 Å². The third kappa shape index (κ3) is 4.22. The minimum absolute atomic E-state index is 0.0907. The number of carbonyl (C=O) groups is 2. The molecule has 0 radical (unpaired) electrons. The Morgan fingerprint density at radius 1 is 1.24 bits per heavy atom. The standard InChI is InChI=1S/C16H26N2O3/c1-15(2,3)21-14(20)17-16(4,5)9-13(19)18-10-11-6-7-12(18)8-11/h6-7,11-12H,8-10H2,1-5H3,(H,17,20). The highest BCUT2D eigenvalue weighted by Crippen LogP contribution is 2.32. The van der Waals surface area contributed by atoms with Crippen LogP contribution in [0.3, 0.4) is 0 Å². The maximum Gasteiger partial charge on any atom is 0.408 e. The molecule has 2 bridgehead atoms. The molecule has 0 saturated carbocycles. The van der Waals surface area contributed by atoms with Gasteiger partial charge in [0.1, 0.15) is 5.60 Å². The van der Waals surface area contributed by atoms with Crippen LogP contribution in [0.25, 0.3) is 0 Å². The number of hydrogen-bond acceptors (Lipinski definition) is 3. The Labute approximate surface area is 126 Å². The Morgan fingerprint density at radius 3 is 2.38 bits per heavy atom. The van der Waals surface area contributed by atoms with Gasteiger partial charge in [-0.25, -0.2) is 4.79 Å². The Bertz CT molecular complexity index is 463. The number of carbonyl (C=O) groups excluding carboxylic acids is 2. The first-order chi connectivity index (χ1) is 9.56. The van der Waals surface area contributed by atoms with Crippen LogP contribution in [0.15, 0.2) is 12.2 Å². The zero-order valence-corrected chi connectivity index (χ0v) is 13.6. The molecule has 2 atom stereocenters. The molecule has 0 aromatic heterocycles. The predicted molar refractivity (Wildman–Crippen MR) is 80.8 cm³/mol. The molecular formula is C16H26N2O3. The van der Waals surface area contributed by atoms with Gasteiger partial charge >= 0.3 is 6.09 Å². The minimum Gasteiger partial charge on any atom is -0.444 e. The number of nitrogens with one attached hydrogen (secondary N) is 1. The summed E-state index contributed by atoms with van der Waals surface area (Å²) in [6.45, 7) is 9.95. The Kier molecular flexibility index (Phi) is 4.04. The number of nitrogens with zero attached hydrogens (tertiary/aromatic N) is 1. The zero-order valence-electron chi connectivity index (χ0n) is 13.6.